The van der Waals surface area contributed by atoms with Crippen molar-refractivity contribution in [3.05, 3.63) is 102 Å². The number of benzene rings is 3. The average molecular weight is 389 g/mol. The minimum Gasteiger partial charge on any atom is -0.295 e. The van der Waals surface area contributed by atoms with Crippen LogP contribution < -0.4 is 0 Å². The SMILES string of the molecule is ClC1(CCCN(Cc2ccccc2)Cc2ccccc2)C=Nc2ccccc21. The molecule has 0 saturated carbocycles. The topological polar surface area (TPSA) is 15.6 Å². The second kappa shape index (κ2) is 8.72. The first-order valence-electron chi connectivity index (χ1n) is 9.87. The fourth-order valence-corrected chi connectivity index (χ4v) is 4.18. The zero-order valence-electron chi connectivity index (χ0n) is 16.0. The molecule has 0 saturated heterocycles. The van der Waals surface area contributed by atoms with Crippen LogP contribution in [0.3, 0.4) is 0 Å². The molecule has 1 aliphatic rings. The van der Waals surface area contributed by atoms with Crippen LogP contribution in [0, 0.1) is 0 Å². The second-order valence-corrected chi connectivity index (χ2v) is 8.10. The molecule has 0 amide bonds. The molecule has 0 bridgehead atoms. The molecular weight excluding hydrogens is 364 g/mol. The van der Waals surface area contributed by atoms with E-state index >= 15 is 0 Å². The summed E-state index contributed by atoms with van der Waals surface area (Å²) in [6.45, 7) is 2.87. The summed E-state index contributed by atoms with van der Waals surface area (Å²) in [6, 6.07) is 29.5. The summed E-state index contributed by atoms with van der Waals surface area (Å²) in [5.74, 6) is 0. The largest absolute Gasteiger partial charge is 0.295 e. The van der Waals surface area contributed by atoms with E-state index in [2.05, 4.69) is 76.6 Å². The van der Waals surface area contributed by atoms with Crippen molar-refractivity contribution in [3.8, 4) is 0 Å². The van der Waals surface area contributed by atoms with Crippen LogP contribution in [0.25, 0.3) is 0 Å². The van der Waals surface area contributed by atoms with Gasteiger partial charge in [-0.25, -0.2) is 0 Å². The van der Waals surface area contributed by atoms with Crippen LogP contribution >= 0.6 is 11.6 Å². The molecule has 2 nitrogen and oxygen atoms in total. The Kier molecular flexibility index (Phi) is 5.90. The summed E-state index contributed by atoms with van der Waals surface area (Å²) in [7, 11) is 0. The number of halogens is 1. The van der Waals surface area contributed by atoms with Gasteiger partial charge in [0.1, 0.15) is 4.87 Å². The van der Waals surface area contributed by atoms with Crippen LogP contribution in [-0.4, -0.2) is 17.7 Å². The number of hydrogen-bond donors (Lipinski definition) is 0. The molecule has 1 unspecified atom stereocenters. The minimum absolute atomic E-state index is 0.470. The van der Waals surface area contributed by atoms with Crippen molar-refractivity contribution in [2.24, 2.45) is 4.99 Å². The molecular formula is C25H25ClN2. The van der Waals surface area contributed by atoms with Gasteiger partial charge in [0, 0.05) is 24.9 Å². The van der Waals surface area contributed by atoms with Crippen molar-refractivity contribution in [1.82, 2.24) is 4.90 Å². The van der Waals surface area contributed by atoms with Crippen molar-refractivity contribution in [3.63, 3.8) is 0 Å². The van der Waals surface area contributed by atoms with Gasteiger partial charge < -0.3 is 0 Å². The zero-order valence-corrected chi connectivity index (χ0v) is 16.7. The van der Waals surface area contributed by atoms with E-state index < -0.39 is 4.87 Å². The number of fused-ring (bicyclic) bond motifs is 1. The first-order valence-corrected chi connectivity index (χ1v) is 10.2. The third-order valence-corrected chi connectivity index (χ3v) is 5.76. The van der Waals surface area contributed by atoms with Gasteiger partial charge in [-0.05, 0) is 36.6 Å². The van der Waals surface area contributed by atoms with E-state index in [1.165, 1.54) is 11.1 Å². The second-order valence-electron chi connectivity index (χ2n) is 7.42. The molecule has 3 aromatic carbocycles. The highest BCUT2D eigenvalue weighted by Crippen LogP contribution is 2.42. The van der Waals surface area contributed by atoms with E-state index in [1.807, 2.05) is 24.4 Å². The van der Waals surface area contributed by atoms with Gasteiger partial charge in [0.15, 0.2) is 0 Å². The Morgan fingerprint density at radius 2 is 1.32 bits per heavy atom. The quantitative estimate of drug-likeness (QED) is 0.412. The maximum atomic E-state index is 6.94. The average Bonchev–Trinajstić information content (AvgIpc) is 3.07. The van der Waals surface area contributed by atoms with Crippen LogP contribution in [0.2, 0.25) is 0 Å². The van der Waals surface area contributed by atoms with E-state index in [-0.39, 0.29) is 0 Å². The summed E-state index contributed by atoms with van der Waals surface area (Å²) < 4.78 is 0. The van der Waals surface area contributed by atoms with Gasteiger partial charge in [0.2, 0.25) is 0 Å². The Hall–Kier alpha value is -2.42. The predicted molar refractivity (Wildman–Crippen MR) is 118 cm³/mol. The standard InChI is InChI=1S/C25H25ClN2/c26-25(20-27-24-15-8-7-14-23(24)25)16-9-17-28(18-21-10-3-1-4-11-21)19-22-12-5-2-6-13-22/h1-8,10-15,20H,9,16-19H2. The molecule has 4 rings (SSSR count). The lowest BCUT2D eigenvalue weighted by atomic mass is 9.95. The molecule has 28 heavy (non-hydrogen) atoms. The monoisotopic (exact) mass is 388 g/mol. The summed E-state index contributed by atoms with van der Waals surface area (Å²) >= 11 is 6.94. The number of para-hydroxylation sites is 1. The van der Waals surface area contributed by atoms with Crippen LogP contribution in [0.1, 0.15) is 29.5 Å². The lowest BCUT2D eigenvalue weighted by Gasteiger charge is -2.25. The Bertz CT molecular complexity index is 882. The Labute approximate surface area is 172 Å². The van der Waals surface area contributed by atoms with Crippen molar-refractivity contribution in [1.29, 1.82) is 0 Å². The highest BCUT2D eigenvalue weighted by atomic mass is 35.5. The fraction of sp³-hybridized carbons (Fsp3) is 0.240. The maximum absolute atomic E-state index is 6.94. The number of hydrogen-bond acceptors (Lipinski definition) is 2. The van der Waals surface area contributed by atoms with E-state index in [9.17, 15) is 0 Å². The first kappa shape index (κ1) is 18.9. The van der Waals surface area contributed by atoms with Gasteiger partial charge in [-0.3, -0.25) is 9.89 Å². The Morgan fingerprint density at radius 1 is 0.750 bits per heavy atom. The van der Waals surface area contributed by atoms with Gasteiger partial charge >= 0.3 is 0 Å². The molecule has 1 atom stereocenters. The molecule has 0 fully saturated rings. The fourth-order valence-electron chi connectivity index (χ4n) is 3.84. The lowest BCUT2D eigenvalue weighted by Crippen LogP contribution is -2.26. The van der Waals surface area contributed by atoms with E-state index in [0.29, 0.717) is 0 Å². The van der Waals surface area contributed by atoms with Crippen molar-refractivity contribution in [2.75, 3.05) is 6.54 Å². The highest BCUT2D eigenvalue weighted by molar-refractivity contribution is 6.33. The van der Waals surface area contributed by atoms with E-state index in [0.717, 1.165) is 43.7 Å². The third-order valence-electron chi connectivity index (χ3n) is 5.27. The van der Waals surface area contributed by atoms with Crippen LogP contribution in [-0.2, 0) is 18.0 Å². The Morgan fingerprint density at radius 3 is 1.96 bits per heavy atom. The van der Waals surface area contributed by atoms with Crippen molar-refractivity contribution in [2.45, 2.75) is 30.8 Å². The summed E-state index contributed by atoms with van der Waals surface area (Å²) in [4.78, 5) is 6.55. The first-order chi connectivity index (χ1) is 13.7. The zero-order chi connectivity index (χ0) is 19.2. The molecule has 142 valence electrons. The third kappa shape index (κ3) is 4.52. The summed E-state index contributed by atoms with van der Waals surface area (Å²) in [6.07, 6.45) is 3.82. The molecule has 0 aromatic heterocycles. The lowest BCUT2D eigenvalue weighted by molar-refractivity contribution is 0.249. The maximum Gasteiger partial charge on any atom is 0.107 e. The van der Waals surface area contributed by atoms with Crippen LogP contribution in [0.4, 0.5) is 5.69 Å². The van der Waals surface area contributed by atoms with Crippen LogP contribution in [0.15, 0.2) is 89.9 Å². The van der Waals surface area contributed by atoms with Crippen molar-refractivity contribution < 1.29 is 0 Å². The molecule has 1 aliphatic heterocycles. The number of aliphatic imine (C=N–C) groups is 1. The molecule has 0 radical (unpaired) electrons. The molecule has 3 aromatic rings. The summed E-state index contributed by atoms with van der Waals surface area (Å²) in [5.41, 5.74) is 4.82. The normalized spacial score (nSPS) is 17.8. The van der Waals surface area contributed by atoms with Gasteiger partial charge in [-0.2, -0.15) is 0 Å². The predicted octanol–water partition coefficient (Wildman–Crippen LogP) is 6.32. The number of nitrogens with zero attached hydrogens (tertiary/aromatic N) is 2. The van der Waals surface area contributed by atoms with Crippen LogP contribution in [0.5, 0.6) is 0 Å². The van der Waals surface area contributed by atoms with Gasteiger partial charge in [0.05, 0.1) is 5.69 Å². The summed E-state index contributed by atoms with van der Waals surface area (Å²) in [5, 5.41) is 0. The Balaban J connectivity index is 1.42. The van der Waals surface area contributed by atoms with Gasteiger partial charge in [-0.15, -0.1) is 11.6 Å². The smallest absolute Gasteiger partial charge is 0.107 e. The van der Waals surface area contributed by atoms with E-state index in [4.69, 9.17) is 11.6 Å². The van der Waals surface area contributed by atoms with Gasteiger partial charge in [-0.1, -0.05) is 78.9 Å². The van der Waals surface area contributed by atoms with Crippen molar-refractivity contribution >= 4 is 23.5 Å². The minimum atomic E-state index is -0.470. The molecule has 1 heterocycles. The van der Waals surface area contributed by atoms with E-state index in [1.54, 1.807) is 0 Å². The number of rotatable bonds is 8. The number of alkyl halides is 1. The molecule has 0 aliphatic carbocycles. The molecule has 3 heteroatoms. The highest BCUT2D eigenvalue weighted by Gasteiger charge is 2.33. The van der Waals surface area contributed by atoms with Gasteiger partial charge in [0.25, 0.3) is 0 Å². The molecule has 0 spiro atoms. The molecule has 0 N–H and O–H groups in total.